The molecule has 0 bridgehead atoms. The summed E-state index contributed by atoms with van der Waals surface area (Å²) in [6.07, 6.45) is 0. The number of hydrogen-bond donors (Lipinski definition) is 1. The predicted molar refractivity (Wildman–Crippen MR) is 84.0 cm³/mol. The minimum absolute atomic E-state index is 0.0370. The number of ether oxygens (including phenoxy) is 1. The number of nitro benzene ring substituents is 1. The number of rotatable bonds is 5. The molecule has 0 aromatic heterocycles. The van der Waals surface area contributed by atoms with Gasteiger partial charge in [0, 0.05) is 23.4 Å². The molecule has 0 saturated carbocycles. The van der Waals surface area contributed by atoms with Crippen LogP contribution in [-0.2, 0) is 0 Å². The molecule has 1 N–H and O–H groups in total. The van der Waals surface area contributed by atoms with E-state index in [0.29, 0.717) is 11.3 Å². The van der Waals surface area contributed by atoms with E-state index in [2.05, 4.69) is 5.32 Å². The first-order valence-corrected chi connectivity index (χ1v) is 6.67. The van der Waals surface area contributed by atoms with Crippen molar-refractivity contribution in [1.82, 2.24) is 0 Å². The molecule has 0 aliphatic rings. The van der Waals surface area contributed by atoms with Crippen LogP contribution in [0.2, 0.25) is 0 Å². The van der Waals surface area contributed by atoms with E-state index in [1.807, 2.05) is 0 Å². The Balaban J connectivity index is 2.33. The van der Waals surface area contributed by atoms with Gasteiger partial charge in [-0.3, -0.25) is 19.7 Å². The summed E-state index contributed by atoms with van der Waals surface area (Å²) in [4.78, 5) is 34.0. The number of anilines is 1. The lowest BCUT2D eigenvalue weighted by Crippen LogP contribution is -2.14. The van der Waals surface area contributed by atoms with Crippen molar-refractivity contribution in [3.05, 3.63) is 63.7 Å². The second kappa shape index (κ2) is 6.69. The highest BCUT2D eigenvalue weighted by molar-refractivity contribution is 6.07. The van der Waals surface area contributed by atoms with Gasteiger partial charge in [-0.15, -0.1) is 0 Å². The summed E-state index contributed by atoms with van der Waals surface area (Å²) < 4.78 is 5.06. The second-order valence-corrected chi connectivity index (χ2v) is 4.73. The lowest BCUT2D eigenvalue weighted by Gasteiger charge is -2.10. The van der Waals surface area contributed by atoms with Gasteiger partial charge in [-0.1, -0.05) is 12.1 Å². The molecule has 0 saturated heterocycles. The van der Waals surface area contributed by atoms with Crippen LogP contribution in [0.5, 0.6) is 5.75 Å². The molecule has 23 heavy (non-hydrogen) atoms. The molecule has 0 spiro atoms. The minimum atomic E-state index is -0.591. The molecule has 0 heterocycles. The number of nitrogens with zero attached hydrogens (tertiary/aromatic N) is 1. The van der Waals surface area contributed by atoms with E-state index < -0.39 is 10.8 Å². The van der Waals surface area contributed by atoms with Gasteiger partial charge in [0.25, 0.3) is 11.6 Å². The van der Waals surface area contributed by atoms with Crippen LogP contribution < -0.4 is 10.1 Å². The summed E-state index contributed by atoms with van der Waals surface area (Å²) in [6, 6.07) is 10.2. The van der Waals surface area contributed by atoms with Gasteiger partial charge >= 0.3 is 0 Å². The average molecular weight is 314 g/mol. The van der Waals surface area contributed by atoms with Gasteiger partial charge in [0.15, 0.2) is 5.78 Å². The van der Waals surface area contributed by atoms with Gasteiger partial charge < -0.3 is 10.1 Å². The number of nitro groups is 1. The highest BCUT2D eigenvalue weighted by Gasteiger charge is 2.17. The van der Waals surface area contributed by atoms with Crippen molar-refractivity contribution >= 4 is 23.1 Å². The molecule has 2 aromatic carbocycles. The van der Waals surface area contributed by atoms with Crippen molar-refractivity contribution in [2.75, 3.05) is 12.4 Å². The summed E-state index contributed by atoms with van der Waals surface area (Å²) in [5.74, 6) is -0.476. The van der Waals surface area contributed by atoms with Crippen LogP contribution in [0.15, 0.2) is 42.5 Å². The van der Waals surface area contributed by atoms with Crippen molar-refractivity contribution < 1.29 is 19.2 Å². The number of hydrogen-bond acceptors (Lipinski definition) is 5. The maximum atomic E-state index is 12.4. The Morgan fingerprint density at radius 2 is 1.91 bits per heavy atom. The Hall–Kier alpha value is -3.22. The largest absolute Gasteiger partial charge is 0.496 e. The Labute approximate surface area is 132 Å². The van der Waals surface area contributed by atoms with Gasteiger partial charge in [0.2, 0.25) is 0 Å². The van der Waals surface area contributed by atoms with E-state index in [1.54, 1.807) is 18.2 Å². The lowest BCUT2D eigenvalue weighted by molar-refractivity contribution is -0.384. The lowest BCUT2D eigenvalue weighted by atomic mass is 10.1. The summed E-state index contributed by atoms with van der Waals surface area (Å²) in [5.41, 5.74) is 0.688. The van der Waals surface area contributed by atoms with E-state index in [4.69, 9.17) is 4.74 Å². The Morgan fingerprint density at radius 3 is 2.52 bits per heavy atom. The second-order valence-electron chi connectivity index (χ2n) is 4.73. The van der Waals surface area contributed by atoms with Crippen molar-refractivity contribution in [2.24, 2.45) is 0 Å². The van der Waals surface area contributed by atoms with Crippen LogP contribution in [0, 0.1) is 10.1 Å². The van der Waals surface area contributed by atoms with E-state index in [-0.39, 0.29) is 22.8 Å². The van der Waals surface area contributed by atoms with Crippen molar-refractivity contribution in [3.8, 4) is 5.75 Å². The summed E-state index contributed by atoms with van der Waals surface area (Å²) in [6.45, 7) is 1.42. The Morgan fingerprint density at radius 1 is 1.17 bits per heavy atom. The van der Waals surface area contributed by atoms with E-state index in [1.165, 1.54) is 32.2 Å². The number of carbonyl (C=O) groups excluding carboxylic acids is 2. The molecule has 118 valence electrons. The maximum absolute atomic E-state index is 12.4. The molecule has 0 unspecified atom stereocenters. The zero-order valence-corrected chi connectivity index (χ0v) is 12.5. The molecule has 1 amide bonds. The van der Waals surface area contributed by atoms with E-state index in [9.17, 15) is 19.7 Å². The SMILES string of the molecule is COc1ccc([N+](=O)[O-])cc1C(=O)Nc1cccc(C(C)=O)c1. The van der Waals surface area contributed by atoms with Crippen LogP contribution in [0.4, 0.5) is 11.4 Å². The average Bonchev–Trinajstić information content (AvgIpc) is 2.54. The molecule has 0 radical (unpaired) electrons. The standard InChI is InChI=1S/C16H14N2O5/c1-10(19)11-4-3-5-12(8-11)17-16(20)14-9-13(18(21)22)6-7-15(14)23-2/h3-9H,1-2H3,(H,17,20). The molecule has 0 aliphatic carbocycles. The third kappa shape index (κ3) is 3.70. The van der Waals surface area contributed by atoms with Crippen LogP contribution in [0.1, 0.15) is 27.6 Å². The van der Waals surface area contributed by atoms with Crippen molar-refractivity contribution in [2.45, 2.75) is 6.92 Å². The number of ketones is 1. The van der Waals surface area contributed by atoms with Crippen molar-refractivity contribution in [1.29, 1.82) is 0 Å². The van der Waals surface area contributed by atoms with Crippen molar-refractivity contribution in [3.63, 3.8) is 0 Å². The number of nitrogens with one attached hydrogen (secondary N) is 1. The highest BCUT2D eigenvalue weighted by atomic mass is 16.6. The summed E-state index contributed by atoms with van der Waals surface area (Å²) in [5, 5.41) is 13.4. The molecular formula is C16H14N2O5. The number of Topliss-reactive ketones (excluding diaryl/α,β-unsaturated/α-hetero) is 1. The predicted octanol–water partition coefficient (Wildman–Crippen LogP) is 3.06. The number of carbonyl (C=O) groups is 2. The first-order chi connectivity index (χ1) is 10.9. The number of benzene rings is 2. The number of amides is 1. The molecule has 0 aliphatic heterocycles. The minimum Gasteiger partial charge on any atom is -0.496 e. The quantitative estimate of drug-likeness (QED) is 0.519. The zero-order valence-electron chi connectivity index (χ0n) is 12.5. The maximum Gasteiger partial charge on any atom is 0.270 e. The number of non-ortho nitro benzene ring substituents is 1. The molecule has 2 rings (SSSR count). The van der Waals surface area contributed by atoms with Gasteiger partial charge in [-0.2, -0.15) is 0 Å². The van der Waals surface area contributed by atoms with Crippen LogP contribution in [0.3, 0.4) is 0 Å². The normalized spacial score (nSPS) is 10.0. The highest BCUT2D eigenvalue weighted by Crippen LogP contribution is 2.25. The zero-order chi connectivity index (χ0) is 17.0. The molecule has 2 aromatic rings. The molecule has 0 fully saturated rings. The monoisotopic (exact) mass is 314 g/mol. The third-order valence-electron chi connectivity index (χ3n) is 3.17. The fourth-order valence-corrected chi connectivity index (χ4v) is 2.00. The fraction of sp³-hybridized carbons (Fsp3) is 0.125. The number of methoxy groups -OCH3 is 1. The Bertz CT molecular complexity index is 786. The molecular weight excluding hydrogens is 300 g/mol. The summed E-state index contributed by atoms with van der Waals surface area (Å²) >= 11 is 0. The molecule has 0 atom stereocenters. The topological polar surface area (TPSA) is 98.5 Å². The third-order valence-corrected chi connectivity index (χ3v) is 3.17. The van der Waals surface area contributed by atoms with E-state index in [0.717, 1.165) is 6.07 Å². The fourth-order valence-electron chi connectivity index (χ4n) is 2.00. The Kier molecular flexibility index (Phi) is 4.70. The molecule has 7 nitrogen and oxygen atoms in total. The smallest absolute Gasteiger partial charge is 0.270 e. The molecule has 7 heteroatoms. The first kappa shape index (κ1) is 16.2. The van der Waals surface area contributed by atoms with Gasteiger partial charge in [-0.05, 0) is 25.1 Å². The van der Waals surface area contributed by atoms with Gasteiger partial charge in [0.05, 0.1) is 17.6 Å². The van der Waals surface area contributed by atoms with Crippen LogP contribution in [0.25, 0.3) is 0 Å². The first-order valence-electron chi connectivity index (χ1n) is 6.67. The van der Waals surface area contributed by atoms with Gasteiger partial charge in [-0.25, -0.2) is 0 Å². The summed E-state index contributed by atoms with van der Waals surface area (Å²) in [7, 11) is 1.37. The van der Waals surface area contributed by atoms with E-state index >= 15 is 0 Å². The van der Waals surface area contributed by atoms with Gasteiger partial charge in [0.1, 0.15) is 5.75 Å². The van der Waals surface area contributed by atoms with Crippen LogP contribution >= 0.6 is 0 Å². The van der Waals surface area contributed by atoms with Crippen LogP contribution in [-0.4, -0.2) is 23.7 Å².